The quantitative estimate of drug-likeness (QED) is 0.137. The van der Waals surface area contributed by atoms with Crippen LogP contribution in [0.4, 0.5) is 11.4 Å². The standard InChI is InChI=1S/C64H64N4O/c1-61(2,3)48-30-31-65-60(40-48)68-58-29-26-49(63(7,8)46-22-16-12-17-23-46)39-57(58)56-28-27-54(42-59(56)68)69-55-35-45(44-20-14-11-15-21-44)34-52(41-55)66-32-33-67(43-66)53-37-50(62(4,5)6)36-51(38-53)64(9,10)47-24-18-13-19-25-47/h11-42H,43H2,1-10H3. The summed E-state index contributed by atoms with van der Waals surface area (Å²) < 4.78 is 9.32. The first-order valence-electron chi connectivity index (χ1n) is 24.4. The molecule has 0 spiro atoms. The van der Waals surface area contributed by atoms with Crippen molar-refractivity contribution in [1.29, 1.82) is 0 Å². The lowest BCUT2D eigenvalue weighted by Gasteiger charge is -2.31. The third kappa shape index (κ3) is 8.83. The summed E-state index contributed by atoms with van der Waals surface area (Å²) in [5.41, 5.74) is 13.8. The molecule has 9 aromatic rings. The molecule has 2 aromatic heterocycles. The van der Waals surface area contributed by atoms with Gasteiger partial charge in [-0.25, -0.2) is 4.98 Å². The average Bonchev–Trinajstić information content (AvgIpc) is 3.98. The predicted octanol–water partition coefficient (Wildman–Crippen LogP) is 16.6. The van der Waals surface area contributed by atoms with Crippen LogP contribution in [-0.4, -0.2) is 16.2 Å². The van der Waals surface area contributed by atoms with Gasteiger partial charge in [0.2, 0.25) is 0 Å². The molecule has 3 heterocycles. The Labute approximate surface area is 409 Å². The van der Waals surface area contributed by atoms with Gasteiger partial charge in [0, 0.05) is 63.7 Å². The van der Waals surface area contributed by atoms with E-state index in [4.69, 9.17) is 9.72 Å². The Balaban J connectivity index is 1.04. The summed E-state index contributed by atoms with van der Waals surface area (Å²) in [5, 5.41) is 2.33. The number of ether oxygens (including phenoxy) is 1. The van der Waals surface area contributed by atoms with Gasteiger partial charge < -0.3 is 14.5 Å². The molecule has 0 aliphatic carbocycles. The fourth-order valence-corrected chi connectivity index (χ4v) is 9.82. The van der Waals surface area contributed by atoms with Crippen molar-refractivity contribution in [3.8, 4) is 28.4 Å². The molecule has 0 radical (unpaired) electrons. The van der Waals surface area contributed by atoms with E-state index in [1.165, 1.54) is 44.5 Å². The topological polar surface area (TPSA) is 33.5 Å². The lowest BCUT2D eigenvalue weighted by atomic mass is 9.75. The largest absolute Gasteiger partial charge is 0.457 e. The first-order chi connectivity index (χ1) is 32.9. The van der Waals surface area contributed by atoms with E-state index < -0.39 is 0 Å². The number of fused-ring (bicyclic) bond motifs is 3. The summed E-state index contributed by atoms with van der Waals surface area (Å²) in [7, 11) is 0. The Morgan fingerprint density at radius 2 is 1.00 bits per heavy atom. The third-order valence-corrected chi connectivity index (χ3v) is 14.4. The maximum atomic E-state index is 7.01. The number of hydrogen-bond donors (Lipinski definition) is 0. The van der Waals surface area contributed by atoms with Gasteiger partial charge in [0.15, 0.2) is 0 Å². The van der Waals surface area contributed by atoms with Gasteiger partial charge in [-0.2, -0.15) is 0 Å². The summed E-state index contributed by atoms with van der Waals surface area (Å²) in [6, 6.07) is 63.8. The molecule has 0 bridgehead atoms. The zero-order chi connectivity index (χ0) is 48.3. The van der Waals surface area contributed by atoms with Crippen molar-refractivity contribution in [2.75, 3.05) is 16.5 Å². The number of pyridine rings is 1. The first kappa shape index (κ1) is 45.4. The molecule has 1 aliphatic heterocycles. The first-order valence-corrected chi connectivity index (χ1v) is 24.4. The highest BCUT2D eigenvalue weighted by molar-refractivity contribution is 6.10. The second-order valence-electron chi connectivity index (χ2n) is 22.0. The van der Waals surface area contributed by atoms with E-state index in [9.17, 15) is 0 Å². The van der Waals surface area contributed by atoms with Crippen LogP contribution >= 0.6 is 0 Å². The van der Waals surface area contributed by atoms with Gasteiger partial charge in [0.05, 0.1) is 17.7 Å². The van der Waals surface area contributed by atoms with Crippen molar-refractivity contribution >= 4 is 33.2 Å². The molecular weight excluding hydrogens is 841 g/mol. The van der Waals surface area contributed by atoms with Crippen molar-refractivity contribution in [3.63, 3.8) is 0 Å². The average molecular weight is 905 g/mol. The smallest absolute Gasteiger partial charge is 0.137 e. The van der Waals surface area contributed by atoms with Gasteiger partial charge >= 0.3 is 0 Å². The SMILES string of the molecule is CC(C)(C)c1cc(N2C=CN(c3cc(Oc4ccc5c6cc(C(C)(C)c7ccccc7)ccc6n(-c6cc(C(C)(C)C)ccn6)c5c4)cc(-c4ccccc4)c3)C2)cc(C(C)(C)c2ccccc2)c1. The monoisotopic (exact) mass is 905 g/mol. The van der Waals surface area contributed by atoms with Crippen LogP contribution in [0.5, 0.6) is 11.5 Å². The molecule has 0 unspecified atom stereocenters. The fraction of sp³-hybridized carbons (Fsp3) is 0.234. The van der Waals surface area contributed by atoms with Crippen LogP contribution in [-0.2, 0) is 21.7 Å². The molecule has 10 rings (SSSR count). The van der Waals surface area contributed by atoms with Crippen molar-refractivity contribution < 1.29 is 4.74 Å². The molecule has 0 atom stereocenters. The Morgan fingerprint density at radius 1 is 0.406 bits per heavy atom. The summed E-state index contributed by atoms with van der Waals surface area (Å²) in [6.45, 7) is 23.6. The van der Waals surface area contributed by atoms with Crippen LogP contribution in [0, 0.1) is 0 Å². The van der Waals surface area contributed by atoms with E-state index >= 15 is 0 Å². The molecular formula is C64H64N4O. The highest BCUT2D eigenvalue weighted by Gasteiger charge is 2.29. The van der Waals surface area contributed by atoms with Gasteiger partial charge in [-0.3, -0.25) is 4.57 Å². The van der Waals surface area contributed by atoms with Gasteiger partial charge in [-0.05, 0) is 116 Å². The van der Waals surface area contributed by atoms with Gasteiger partial charge in [-0.15, -0.1) is 0 Å². The van der Waals surface area contributed by atoms with E-state index in [0.29, 0.717) is 6.67 Å². The van der Waals surface area contributed by atoms with E-state index in [0.717, 1.165) is 50.6 Å². The van der Waals surface area contributed by atoms with Crippen molar-refractivity contribution in [1.82, 2.24) is 9.55 Å². The molecule has 0 saturated carbocycles. The predicted molar refractivity (Wildman–Crippen MR) is 290 cm³/mol. The minimum absolute atomic E-state index is 0.0243. The Kier molecular flexibility index (Phi) is 11.4. The van der Waals surface area contributed by atoms with Crippen LogP contribution < -0.4 is 14.5 Å². The second kappa shape index (κ2) is 17.3. The van der Waals surface area contributed by atoms with Gasteiger partial charge in [0.1, 0.15) is 17.3 Å². The Morgan fingerprint density at radius 3 is 1.64 bits per heavy atom. The van der Waals surface area contributed by atoms with Crippen molar-refractivity contribution in [2.45, 2.75) is 90.9 Å². The molecule has 0 amide bonds. The van der Waals surface area contributed by atoms with E-state index in [2.05, 4.69) is 272 Å². The Bertz CT molecular complexity index is 3350. The summed E-state index contributed by atoms with van der Waals surface area (Å²) >= 11 is 0. The van der Waals surface area contributed by atoms with Crippen LogP contribution in [0.1, 0.15) is 103 Å². The third-order valence-electron chi connectivity index (χ3n) is 14.4. The van der Waals surface area contributed by atoms with Crippen LogP contribution in [0.25, 0.3) is 38.8 Å². The van der Waals surface area contributed by atoms with Crippen molar-refractivity contribution in [3.05, 3.63) is 228 Å². The van der Waals surface area contributed by atoms with Gasteiger partial charge in [-0.1, -0.05) is 172 Å². The van der Waals surface area contributed by atoms with Crippen LogP contribution in [0.3, 0.4) is 0 Å². The van der Waals surface area contributed by atoms with Crippen LogP contribution in [0.15, 0.2) is 195 Å². The van der Waals surface area contributed by atoms with Crippen molar-refractivity contribution in [2.24, 2.45) is 0 Å². The molecule has 346 valence electrons. The van der Waals surface area contributed by atoms with E-state index in [1.54, 1.807) is 0 Å². The zero-order valence-corrected chi connectivity index (χ0v) is 41.9. The number of rotatable bonds is 10. The molecule has 7 aromatic carbocycles. The summed E-state index contributed by atoms with van der Waals surface area (Å²) in [4.78, 5) is 9.68. The number of aromatic nitrogens is 2. The summed E-state index contributed by atoms with van der Waals surface area (Å²) in [6.07, 6.45) is 6.34. The lowest BCUT2D eigenvalue weighted by Crippen LogP contribution is -2.26. The summed E-state index contributed by atoms with van der Waals surface area (Å²) in [5.74, 6) is 2.41. The molecule has 0 N–H and O–H groups in total. The number of anilines is 2. The lowest BCUT2D eigenvalue weighted by molar-refractivity contribution is 0.483. The van der Waals surface area contributed by atoms with Gasteiger partial charge in [0.25, 0.3) is 0 Å². The highest BCUT2D eigenvalue weighted by Crippen LogP contribution is 2.42. The molecule has 0 fully saturated rings. The maximum Gasteiger partial charge on any atom is 0.137 e. The molecule has 69 heavy (non-hydrogen) atoms. The number of nitrogens with zero attached hydrogens (tertiary/aromatic N) is 4. The molecule has 1 aliphatic rings. The van der Waals surface area contributed by atoms with E-state index in [1.807, 2.05) is 6.20 Å². The molecule has 0 saturated heterocycles. The van der Waals surface area contributed by atoms with Crippen LogP contribution in [0.2, 0.25) is 0 Å². The maximum absolute atomic E-state index is 7.01. The minimum atomic E-state index is -0.195. The number of benzene rings is 7. The number of hydrogen-bond acceptors (Lipinski definition) is 4. The highest BCUT2D eigenvalue weighted by atomic mass is 16.5. The van der Waals surface area contributed by atoms with E-state index in [-0.39, 0.29) is 21.7 Å². The second-order valence-corrected chi connectivity index (χ2v) is 22.0. The normalized spacial score (nSPS) is 13.5. The molecule has 5 heteroatoms. The zero-order valence-electron chi connectivity index (χ0n) is 41.9. The molecule has 5 nitrogen and oxygen atoms in total. The fourth-order valence-electron chi connectivity index (χ4n) is 9.82. The minimum Gasteiger partial charge on any atom is -0.457 e. The Hall–Kier alpha value is -7.37.